The van der Waals surface area contributed by atoms with Crippen LogP contribution in [0.25, 0.3) is 0 Å². The minimum Gasteiger partial charge on any atom is -0.503 e. The molecule has 24 heavy (non-hydrogen) atoms. The van der Waals surface area contributed by atoms with Gasteiger partial charge in [0.25, 0.3) is 5.91 Å². The summed E-state index contributed by atoms with van der Waals surface area (Å²) in [6.07, 6.45) is 2.93. The van der Waals surface area contributed by atoms with E-state index in [1.807, 2.05) is 20.8 Å². The number of aromatic hydroxyl groups is 1. The van der Waals surface area contributed by atoms with Crippen molar-refractivity contribution in [2.75, 3.05) is 7.11 Å². The lowest BCUT2D eigenvalue weighted by atomic mass is 9.98. The molecule has 0 aliphatic carbocycles. The van der Waals surface area contributed by atoms with E-state index in [1.54, 1.807) is 0 Å². The molecule has 0 bridgehead atoms. The number of pyridine rings is 1. The Morgan fingerprint density at radius 3 is 2.46 bits per heavy atom. The topological polar surface area (TPSA) is 97.8 Å². The highest BCUT2D eigenvalue weighted by atomic mass is 16.5. The molecule has 2 N–H and O–H groups in total. The molecule has 7 heteroatoms. The third-order valence-electron chi connectivity index (χ3n) is 4.04. The van der Waals surface area contributed by atoms with Crippen LogP contribution in [0.5, 0.6) is 11.5 Å². The Balaban J connectivity index is 2.72. The average Bonchev–Trinajstić information content (AvgIpc) is 2.55. The summed E-state index contributed by atoms with van der Waals surface area (Å²) in [6, 6.07) is 0.572. The van der Waals surface area contributed by atoms with Gasteiger partial charge in [0, 0.05) is 12.3 Å². The summed E-state index contributed by atoms with van der Waals surface area (Å²) < 4.78 is 10.3. The molecule has 1 rings (SSSR count). The molecule has 0 radical (unpaired) electrons. The number of amides is 1. The maximum Gasteiger partial charge on any atom is 0.328 e. The number of carbonyl (C=O) groups excluding carboxylic acids is 2. The van der Waals surface area contributed by atoms with Gasteiger partial charge in [0.05, 0.1) is 7.11 Å². The van der Waals surface area contributed by atoms with Crippen molar-refractivity contribution in [3.05, 3.63) is 18.0 Å². The van der Waals surface area contributed by atoms with Crippen LogP contribution in [0.1, 0.15) is 51.0 Å². The number of hydrogen-bond acceptors (Lipinski definition) is 6. The van der Waals surface area contributed by atoms with Gasteiger partial charge in [0.1, 0.15) is 12.1 Å². The van der Waals surface area contributed by atoms with Crippen molar-refractivity contribution in [2.45, 2.75) is 52.7 Å². The van der Waals surface area contributed by atoms with Crippen molar-refractivity contribution in [3.8, 4) is 11.5 Å². The Bertz CT molecular complexity index is 572. The fraction of sp³-hybridized carbons (Fsp3) is 0.588. The molecule has 1 heterocycles. The molecule has 1 aromatic heterocycles. The number of rotatable bonds is 8. The molecular weight excluding hydrogens is 312 g/mol. The summed E-state index contributed by atoms with van der Waals surface area (Å²) in [5.41, 5.74) is -0.206. The zero-order valence-electron chi connectivity index (χ0n) is 14.8. The molecule has 1 aromatic rings. The molecule has 0 spiro atoms. The first-order chi connectivity index (χ1) is 11.3. The Hall–Kier alpha value is -2.31. The number of nitrogens with one attached hydrogen (secondary N) is 1. The Labute approximate surface area is 142 Å². The highest BCUT2D eigenvalue weighted by Gasteiger charge is 2.25. The van der Waals surface area contributed by atoms with Gasteiger partial charge >= 0.3 is 5.97 Å². The lowest BCUT2D eigenvalue weighted by Crippen LogP contribution is -2.41. The molecular formula is C17H26N2O5. The zero-order chi connectivity index (χ0) is 18.3. The van der Waals surface area contributed by atoms with Gasteiger partial charge < -0.3 is 19.9 Å². The number of methoxy groups -OCH3 is 1. The third-order valence-corrected chi connectivity index (χ3v) is 4.04. The number of nitrogens with zero attached hydrogens (tertiary/aromatic N) is 1. The van der Waals surface area contributed by atoms with E-state index < -0.39 is 17.9 Å². The van der Waals surface area contributed by atoms with Crippen molar-refractivity contribution in [1.82, 2.24) is 10.3 Å². The molecule has 2 atom stereocenters. The highest BCUT2D eigenvalue weighted by molar-refractivity contribution is 5.97. The average molecular weight is 338 g/mol. The first kappa shape index (κ1) is 19.7. The fourth-order valence-corrected chi connectivity index (χ4v) is 2.43. The maximum atomic E-state index is 12.2. The third kappa shape index (κ3) is 4.84. The summed E-state index contributed by atoms with van der Waals surface area (Å²) in [6.45, 7) is 7.46. The van der Waals surface area contributed by atoms with Crippen molar-refractivity contribution >= 4 is 11.9 Å². The minimum absolute atomic E-state index is 0.132. The number of carbonyl (C=O) groups is 2. The molecule has 0 aliphatic heterocycles. The van der Waals surface area contributed by atoms with Crippen LogP contribution in [-0.2, 0) is 9.53 Å². The maximum absolute atomic E-state index is 12.2. The summed E-state index contributed by atoms with van der Waals surface area (Å²) >= 11 is 0. The fourth-order valence-electron chi connectivity index (χ4n) is 2.43. The number of aromatic nitrogens is 1. The van der Waals surface area contributed by atoms with Gasteiger partial charge in [-0.25, -0.2) is 9.78 Å². The van der Waals surface area contributed by atoms with Crippen LogP contribution in [0.15, 0.2) is 12.3 Å². The molecule has 134 valence electrons. The van der Waals surface area contributed by atoms with E-state index in [-0.39, 0.29) is 29.2 Å². The van der Waals surface area contributed by atoms with Crippen LogP contribution in [0.4, 0.5) is 0 Å². The number of ether oxygens (including phenoxy) is 2. The van der Waals surface area contributed by atoms with Crippen LogP contribution in [0.2, 0.25) is 0 Å². The minimum atomic E-state index is -0.860. The molecule has 0 fully saturated rings. The van der Waals surface area contributed by atoms with Crippen molar-refractivity contribution in [2.24, 2.45) is 5.92 Å². The summed E-state index contributed by atoms with van der Waals surface area (Å²) in [5, 5.41) is 12.4. The molecule has 0 aromatic carbocycles. The Morgan fingerprint density at radius 2 is 1.92 bits per heavy atom. The monoisotopic (exact) mass is 338 g/mol. The van der Waals surface area contributed by atoms with E-state index in [2.05, 4.69) is 10.3 Å². The quantitative estimate of drug-likeness (QED) is 0.706. The summed E-state index contributed by atoms with van der Waals surface area (Å²) in [7, 11) is 1.37. The van der Waals surface area contributed by atoms with E-state index in [0.717, 1.165) is 12.8 Å². The first-order valence-electron chi connectivity index (χ1n) is 8.08. The van der Waals surface area contributed by atoms with Gasteiger partial charge in [-0.05, 0) is 32.6 Å². The van der Waals surface area contributed by atoms with Gasteiger partial charge in [-0.15, -0.1) is 0 Å². The van der Waals surface area contributed by atoms with Crippen molar-refractivity contribution < 1.29 is 24.2 Å². The van der Waals surface area contributed by atoms with Gasteiger partial charge in [0.15, 0.2) is 17.2 Å². The molecule has 0 saturated heterocycles. The van der Waals surface area contributed by atoms with E-state index >= 15 is 0 Å². The molecule has 7 nitrogen and oxygen atoms in total. The second kappa shape index (κ2) is 9.10. The van der Waals surface area contributed by atoms with Crippen LogP contribution in [-0.4, -0.2) is 41.2 Å². The Morgan fingerprint density at radius 1 is 1.29 bits per heavy atom. The van der Waals surface area contributed by atoms with Crippen molar-refractivity contribution in [1.29, 1.82) is 0 Å². The Kier molecular flexibility index (Phi) is 7.48. The van der Waals surface area contributed by atoms with Gasteiger partial charge in [-0.3, -0.25) is 4.79 Å². The van der Waals surface area contributed by atoms with E-state index in [4.69, 9.17) is 9.47 Å². The predicted molar refractivity (Wildman–Crippen MR) is 89.0 cm³/mol. The number of hydrogen-bond donors (Lipinski definition) is 2. The lowest BCUT2D eigenvalue weighted by Gasteiger charge is -2.23. The second-order valence-electron chi connectivity index (χ2n) is 5.62. The standard InChI is InChI=1S/C17H26N2O5/c1-6-12(7-2)11(4)24-17(22)10(3)19-16(21)14-15(20)13(23-5)8-9-18-14/h8-12,20H,6-7H2,1-5H3,(H,19,21)/t10-,11-/m0/s1. The van der Waals surface area contributed by atoms with E-state index in [9.17, 15) is 14.7 Å². The van der Waals surface area contributed by atoms with E-state index in [0.29, 0.717) is 0 Å². The van der Waals surface area contributed by atoms with Gasteiger partial charge in [0.2, 0.25) is 0 Å². The normalized spacial score (nSPS) is 13.2. The number of esters is 1. The van der Waals surface area contributed by atoms with Crippen LogP contribution < -0.4 is 10.1 Å². The van der Waals surface area contributed by atoms with E-state index in [1.165, 1.54) is 26.3 Å². The largest absolute Gasteiger partial charge is 0.503 e. The van der Waals surface area contributed by atoms with Crippen LogP contribution in [0, 0.1) is 5.92 Å². The molecule has 0 aliphatic rings. The van der Waals surface area contributed by atoms with Gasteiger partial charge in [-0.2, -0.15) is 0 Å². The molecule has 0 saturated carbocycles. The van der Waals surface area contributed by atoms with Gasteiger partial charge in [-0.1, -0.05) is 13.8 Å². The van der Waals surface area contributed by atoms with Crippen LogP contribution >= 0.6 is 0 Å². The smallest absolute Gasteiger partial charge is 0.328 e. The SMILES string of the molecule is CCC(CC)[C@H](C)OC(=O)[C@H](C)NC(=O)c1nccc(OC)c1O. The predicted octanol–water partition coefficient (Wildman–Crippen LogP) is 2.28. The summed E-state index contributed by atoms with van der Waals surface area (Å²) in [5.74, 6) is -1.16. The highest BCUT2D eigenvalue weighted by Crippen LogP contribution is 2.27. The molecule has 0 unspecified atom stereocenters. The summed E-state index contributed by atoms with van der Waals surface area (Å²) in [4.78, 5) is 28.1. The zero-order valence-corrected chi connectivity index (χ0v) is 14.8. The lowest BCUT2D eigenvalue weighted by molar-refractivity contribution is -0.152. The van der Waals surface area contributed by atoms with Crippen molar-refractivity contribution in [3.63, 3.8) is 0 Å². The van der Waals surface area contributed by atoms with Crippen LogP contribution in [0.3, 0.4) is 0 Å². The molecule has 1 amide bonds. The first-order valence-corrected chi connectivity index (χ1v) is 8.08. The second-order valence-corrected chi connectivity index (χ2v) is 5.62.